The number of aromatic nitrogens is 3. The van der Waals surface area contributed by atoms with Gasteiger partial charge in [-0.1, -0.05) is 30.7 Å². The van der Waals surface area contributed by atoms with Gasteiger partial charge in [0.15, 0.2) is 16.9 Å². The Morgan fingerprint density at radius 3 is 2.55 bits per heavy atom. The van der Waals surface area contributed by atoms with E-state index in [0.717, 1.165) is 11.1 Å². The van der Waals surface area contributed by atoms with Crippen molar-refractivity contribution in [3.05, 3.63) is 65.2 Å². The van der Waals surface area contributed by atoms with Crippen molar-refractivity contribution in [3.63, 3.8) is 0 Å². The normalized spacial score (nSPS) is 14.1. The standard InChI is InChI=1S/C21H23ClN4O4S/c1-3-21(2,12-31(29)30)24-20(28)16-8-15(14-4-6-17(22)7-5-14)9-18(10-16)26-13-23-25-19(26)11-27/h4-10,13,27H,3,11-12H2,1-2H3,(H,24,28)(H,29,30). The fourth-order valence-electron chi connectivity index (χ4n) is 3.12. The average Bonchev–Trinajstić information content (AvgIpc) is 3.22. The summed E-state index contributed by atoms with van der Waals surface area (Å²) in [6.45, 7) is 3.25. The van der Waals surface area contributed by atoms with Crippen molar-refractivity contribution in [2.75, 3.05) is 5.75 Å². The first-order valence-corrected chi connectivity index (χ1v) is 11.2. The quantitative estimate of drug-likeness (QED) is 0.442. The van der Waals surface area contributed by atoms with Crippen molar-refractivity contribution in [2.24, 2.45) is 0 Å². The summed E-state index contributed by atoms with van der Waals surface area (Å²) in [4.78, 5) is 13.1. The second-order valence-corrected chi connectivity index (χ2v) is 8.75. The van der Waals surface area contributed by atoms with Gasteiger partial charge in [-0.15, -0.1) is 10.2 Å². The Morgan fingerprint density at radius 2 is 1.94 bits per heavy atom. The molecular formula is C21H23ClN4O4S. The molecule has 2 unspecified atom stereocenters. The first-order valence-electron chi connectivity index (χ1n) is 9.56. The number of rotatable bonds is 8. The fourth-order valence-corrected chi connectivity index (χ4v) is 4.07. The summed E-state index contributed by atoms with van der Waals surface area (Å²) >= 11 is 3.95. The summed E-state index contributed by atoms with van der Waals surface area (Å²) in [5, 5.41) is 20.8. The van der Waals surface area contributed by atoms with E-state index < -0.39 is 16.6 Å². The van der Waals surface area contributed by atoms with Crippen LogP contribution in [0.25, 0.3) is 16.8 Å². The molecule has 0 spiro atoms. The minimum absolute atomic E-state index is 0.0843. The Bertz CT molecular complexity index is 1100. The van der Waals surface area contributed by atoms with E-state index >= 15 is 0 Å². The van der Waals surface area contributed by atoms with Crippen molar-refractivity contribution in [1.29, 1.82) is 0 Å². The Kier molecular flexibility index (Phi) is 7.22. The number of benzene rings is 2. The maximum absolute atomic E-state index is 13.1. The Labute approximate surface area is 187 Å². The predicted molar refractivity (Wildman–Crippen MR) is 120 cm³/mol. The fraction of sp³-hybridized carbons (Fsp3) is 0.286. The molecule has 0 saturated carbocycles. The summed E-state index contributed by atoms with van der Waals surface area (Å²) < 4.78 is 22.3. The lowest BCUT2D eigenvalue weighted by Gasteiger charge is -2.28. The summed E-state index contributed by atoms with van der Waals surface area (Å²) in [6.07, 6.45) is 1.94. The molecule has 0 radical (unpaired) electrons. The number of aliphatic hydroxyl groups excluding tert-OH is 1. The van der Waals surface area contributed by atoms with Gasteiger partial charge in [0.05, 0.1) is 11.3 Å². The number of nitrogens with one attached hydrogen (secondary N) is 1. The topological polar surface area (TPSA) is 117 Å². The Morgan fingerprint density at radius 1 is 1.23 bits per heavy atom. The number of carbonyl (C=O) groups excluding carboxylic acids is 1. The Hall–Kier alpha value is -2.59. The zero-order chi connectivity index (χ0) is 22.6. The van der Waals surface area contributed by atoms with E-state index in [-0.39, 0.29) is 18.3 Å². The zero-order valence-corrected chi connectivity index (χ0v) is 18.7. The van der Waals surface area contributed by atoms with Crippen LogP contribution in [-0.4, -0.2) is 45.8 Å². The van der Waals surface area contributed by atoms with E-state index in [1.165, 1.54) is 6.33 Å². The molecule has 0 aliphatic rings. The van der Waals surface area contributed by atoms with Crippen molar-refractivity contribution in [1.82, 2.24) is 20.1 Å². The molecular weight excluding hydrogens is 440 g/mol. The number of hydrogen-bond donors (Lipinski definition) is 3. The van der Waals surface area contributed by atoms with Gasteiger partial charge in [-0.05, 0) is 54.8 Å². The van der Waals surface area contributed by atoms with E-state index in [0.29, 0.717) is 28.5 Å². The van der Waals surface area contributed by atoms with E-state index in [4.69, 9.17) is 11.6 Å². The maximum Gasteiger partial charge on any atom is 0.251 e. The van der Waals surface area contributed by atoms with Crippen molar-refractivity contribution >= 4 is 28.6 Å². The highest BCUT2D eigenvalue weighted by molar-refractivity contribution is 7.79. The predicted octanol–water partition coefficient (Wildman–Crippen LogP) is 3.20. The van der Waals surface area contributed by atoms with E-state index in [1.54, 1.807) is 35.8 Å². The molecule has 2 atom stereocenters. The lowest BCUT2D eigenvalue weighted by molar-refractivity contribution is 0.0912. The number of carbonyl (C=O) groups is 1. The van der Waals surface area contributed by atoms with Gasteiger partial charge in [-0.25, -0.2) is 4.21 Å². The molecule has 1 aromatic heterocycles. The minimum Gasteiger partial charge on any atom is -0.388 e. The third-order valence-corrected chi connectivity index (χ3v) is 6.17. The molecule has 164 valence electrons. The van der Waals surface area contributed by atoms with Gasteiger partial charge in [0.2, 0.25) is 0 Å². The van der Waals surface area contributed by atoms with Crippen LogP contribution in [0.5, 0.6) is 0 Å². The SMILES string of the molecule is CCC(C)(CS(=O)O)NC(=O)c1cc(-c2ccc(Cl)cc2)cc(-n2cnnc2CO)c1. The number of halogens is 1. The molecule has 3 N–H and O–H groups in total. The summed E-state index contributed by atoms with van der Waals surface area (Å²) in [5.41, 5.74) is 1.69. The van der Waals surface area contributed by atoms with Crippen LogP contribution in [0.3, 0.4) is 0 Å². The van der Waals surface area contributed by atoms with Crippen LogP contribution in [0.1, 0.15) is 36.5 Å². The molecule has 1 heterocycles. The highest BCUT2D eigenvalue weighted by atomic mass is 35.5. The van der Waals surface area contributed by atoms with Crippen LogP contribution in [0.4, 0.5) is 0 Å². The molecule has 3 rings (SSSR count). The van der Waals surface area contributed by atoms with Crippen LogP contribution in [0, 0.1) is 0 Å². The van der Waals surface area contributed by atoms with Crippen molar-refractivity contribution in [3.8, 4) is 16.8 Å². The highest BCUT2D eigenvalue weighted by Crippen LogP contribution is 2.27. The van der Waals surface area contributed by atoms with Crippen LogP contribution in [-0.2, 0) is 17.7 Å². The van der Waals surface area contributed by atoms with Gasteiger partial charge in [-0.2, -0.15) is 0 Å². The second kappa shape index (κ2) is 9.69. The first kappa shape index (κ1) is 23.1. The van der Waals surface area contributed by atoms with Crippen molar-refractivity contribution < 1.29 is 18.7 Å². The third kappa shape index (κ3) is 5.56. The van der Waals surface area contributed by atoms with Crippen LogP contribution < -0.4 is 5.32 Å². The van der Waals surface area contributed by atoms with Gasteiger partial charge >= 0.3 is 0 Å². The molecule has 0 saturated heterocycles. The third-order valence-electron chi connectivity index (χ3n) is 5.03. The van der Waals surface area contributed by atoms with Gasteiger partial charge in [0.1, 0.15) is 12.9 Å². The van der Waals surface area contributed by atoms with E-state index in [1.807, 2.05) is 25.1 Å². The number of nitrogens with zero attached hydrogens (tertiary/aromatic N) is 3. The van der Waals surface area contributed by atoms with Crippen molar-refractivity contribution in [2.45, 2.75) is 32.4 Å². The van der Waals surface area contributed by atoms with Crippen LogP contribution >= 0.6 is 11.6 Å². The van der Waals surface area contributed by atoms with Gasteiger partial charge in [0.25, 0.3) is 5.91 Å². The summed E-state index contributed by atoms with van der Waals surface area (Å²) in [6, 6.07) is 12.4. The molecule has 2 aromatic carbocycles. The van der Waals surface area contributed by atoms with Gasteiger partial charge in [-0.3, -0.25) is 9.36 Å². The molecule has 8 nitrogen and oxygen atoms in total. The first-order chi connectivity index (χ1) is 14.7. The van der Waals surface area contributed by atoms with Gasteiger partial charge < -0.3 is 15.0 Å². The molecule has 3 aromatic rings. The number of hydrogen-bond acceptors (Lipinski definition) is 5. The number of amides is 1. The highest BCUT2D eigenvalue weighted by Gasteiger charge is 2.27. The molecule has 1 amide bonds. The van der Waals surface area contributed by atoms with E-state index in [9.17, 15) is 18.7 Å². The van der Waals surface area contributed by atoms with Crippen LogP contribution in [0.2, 0.25) is 5.02 Å². The molecule has 0 fully saturated rings. The zero-order valence-electron chi connectivity index (χ0n) is 17.1. The lowest BCUT2D eigenvalue weighted by Crippen LogP contribution is -2.49. The smallest absolute Gasteiger partial charge is 0.251 e. The number of aliphatic hydroxyl groups is 1. The molecule has 10 heteroatoms. The lowest BCUT2D eigenvalue weighted by atomic mass is 9.98. The summed E-state index contributed by atoms with van der Waals surface area (Å²) in [5.74, 6) is -0.141. The average molecular weight is 463 g/mol. The maximum atomic E-state index is 13.1. The van der Waals surface area contributed by atoms with Gasteiger partial charge in [0, 0.05) is 16.3 Å². The van der Waals surface area contributed by atoms with Crippen LogP contribution in [0.15, 0.2) is 48.8 Å². The van der Waals surface area contributed by atoms with E-state index in [2.05, 4.69) is 15.5 Å². The summed E-state index contributed by atoms with van der Waals surface area (Å²) in [7, 11) is 0. The monoisotopic (exact) mass is 462 g/mol. The Balaban J connectivity index is 2.07. The second-order valence-electron chi connectivity index (χ2n) is 7.38. The minimum atomic E-state index is -2.05. The molecule has 0 aliphatic heterocycles. The largest absolute Gasteiger partial charge is 0.388 e. The molecule has 0 bridgehead atoms. The molecule has 0 aliphatic carbocycles. The molecule has 31 heavy (non-hydrogen) atoms.